The summed E-state index contributed by atoms with van der Waals surface area (Å²) < 4.78 is 0. The molecule has 4 nitrogen and oxygen atoms in total. The van der Waals surface area contributed by atoms with Crippen LogP contribution in [0.25, 0.3) is 0 Å². The zero-order chi connectivity index (χ0) is 14.3. The van der Waals surface area contributed by atoms with E-state index in [0.717, 1.165) is 5.56 Å². The summed E-state index contributed by atoms with van der Waals surface area (Å²) in [5.74, 6) is -0.0574. The Morgan fingerprint density at radius 1 is 1.37 bits per heavy atom. The second-order valence-electron chi connectivity index (χ2n) is 4.21. The predicted octanol–water partition coefficient (Wildman–Crippen LogP) is 1.92. The van der Waals surface area contributed by atoms with E-state index in [4.69, 9.17) is 28.3 Å². The molecule has 1 rings (SSSR count). The van der Waals surface area contributed by atoms with Crippen molar-refractivity contribution in [2.45, 2.75) is 13.0 Å². The molecule has 0 saturated heterocycles. The molecule has 19 heavy (non-hydrogen) atoms. The molecule has 0 bridgehead atoms. The Bertz CT molecular complexity index is 427. The molecule has 106 valence electrons. The SMILES string of the molecule is CNC(=O)CN(CCCO)Cc1ccc(Cl)c(Cl)c1. The van der Waals surface area contributed by atoms with Gasteiger partial charge in [-0.3, -0.25) is 9.69 Å². The minimum atomic E-state index is -0.0574. The first-order valence-electron chi connectivity index (χ1n) is 6.04. The molecule has 0 aliphatic heterocycles. The molecule has 0 atom stereocenters. The molecule has 0 spiro atoms. The number of aliphatic hydroxyl groups excluding tert-OH is 1. The summed E-state index contributed by atoms with van der Waals surface area (Å²) in [6.45, 7) is 1.62. The van der Waals surface area contributed by atoms with E-state index < -0.39 is 0 Å². The normalized spacial score (nSPS) is 10.8. The Balaban J connectivity index is 2.69. The van der Waals surface area contributed by atoms with Crippen LogP contribution in [-0.4, -0.2) is 42.7 Å². The van der Waals surface area contributed by atoms with Crippen LogP contribution in [0.2, 0.25) is 10.0 Å². The molecule has 0 unspecified atom stereocenters. The molecule has 0 aromatic heterocycles. The maximum atomic E-state index is 11.4. The van der Waals surface area contributed by atoms with E-state index in [-0.39, 0.29) is 19.1 Å². The lowest BCUT2D eigenvalue weighted by Gasteiger charge is -2.21. The number of carbonyl (C=O) groups is 1. The lowest BCUT2D eigenvalue weighted by Crippen LogP contribution is -2.36. The van der Waals surface area contributed by atoms with Gasteiger partial charge in [0.05, 0.1) is 16.6 Å². The third-order valence-corrected chi connectivity index (χ3v) is 3.41. The second-order valence-corrected chi connectivity index (χ2v) is 5.02. The first-order chi connectivity index (χ1) is 9.06. The Kier molecular flexibility index (Phi) is 7.16. The number of nitrogens with one attached hydrogen (secondary N) is 1. The number of benzene rings is 1. The summed E-state index contributed by atoms with van der Waals surface area (Å²) >= 11 is 11.8. The van der Waals surface area contributed by atoms with Crippen LogP contribution in [-0.2, 0) is 11.3 Å². The van der Waals surface area contributed by atoms with Gasteiger partial charge in [-0.1, -0.05) is 29.3 Å². The zero-order valence-electron chi connectivity index (χ0n) is 10.8. The van der Waals surface area contributed by atoms with Crippen molar-refractivity contribution < 1.29 is 9.90 Å². The Labute approximate surface area is 123 Å². The average molecular weight is 305 g/mol. The van der Waals surface area contributed by atoms with Crippen molar-refractivity contribution in [1.82, 2.24) is 10.2 Å². The van der Waals surface area contributed by atoms with Gasteiger partial charge in [0, 0.05) is 26.7 Å². The third kappa shape index (κ3) is 5.78. The van der Waals surface area contributed by atoms with Crippen molar-refractivity contribution in [3.63, 3.8) is 0 Å². The molecular weight excluding hydrogens is 287 g/mol. The van der Waals surface area contributed by atoms with E-state index in [1.165, 1.54) is 0 Å². The number of likely N-dealkylation sites (N-methyl/N-ethyl adjacent to an activating group) is 1. The van der Waals surface area contributed by atoms with Crippen LogP contribution >= 0.6 is 23.2 Å². The topological polar surface area (TPSA) is 52.6 Å². The van der Waals surface area contributed by atoms with Crippen LogP contribution in [0.3, 0.4) is 0 Å². The maximum Gasteiger partial charge on any atom is 0.233 e. The quantitative estimate of drug-likeness (QED) is 0.809. The molecule has 0 aliphatic rings. The van der Waals surface area contributed by atoms with E-state index in [1.54, 1.807) is 19.2 Å². The highest BCUT2D eigenvalue weighted by atomic mass is 35.5. The summed E-state index contributed by atoms with van der Waals surface area (Å²) in [4.78, 5) is 13.4. The van der Waals surface area contributed by atoms with Crippen molar-refractivity contribution in [3.05, 3.63) is 33.8 Å². The Hall–Kier alpha value is -0.810. The van der Waals surface area contributed by atoms with Crippen LogP contribution in [0.15, 0.2) is 18.2 Å². The van der Waals surface area contributed by atoms with Gasteiger partial charge in [0.2, 0.25) is 5.91 Å². The van der Waals surface area contributed by atoms with E-state index >= 15 is 0 Å². The van der Waals surface area contributed by atoms with E-state index in [2.05, 4.69) is 5.32 Å². The van der Waals surface area contributed by atoms with E-state index in [1.807, 2.05) is 11.0 Å². The predicted molar refractivity (Wildman–Crippen MR) is 77.5 cm³/mol. The van der Waals surface area contributed by atoms with Gasteiger partial charge in [0.1, 0.15) is 0 Å². The highest BCUT2D eigenvalue weighted by Gasteiger charge is 2.11. The van der Waals surface area contributed by atoms with Gasteiger partial charge < -0.3 is 10.4 Å². The fourth-order valence-electron chi connectivity index (χ4n) is 1.69. The number of amides is 1. The van der Waals surface area contributed by atoms with Gasteiger partial charge in [-0.05, 0) is 24.1 Å². The fraction of sp³-hybridized carbons (Fsp3) is 0.462. The molecule has 6 heteroatoms. The molecule has 1 amide bonds. The van der Waals surface area contributed by atoms with E-state index in [9.17, 15) is 4.79 Å². The highest BCUT2D eigenvalue weighted by molar-refractivity contribution is 6.42. The third-order valence-electron chi connectivity index (χ3n) is 2.67. The molecule has 0 heterocycles. The molecule has 0 aliphatic carbocycles. The zero-order valence-corrected chi connectivity index (χ0v) is 12.3. The van der Waals surface area contributed by atoms with Gasteiger partial charge in [0.15, 0.2) is 0 Å². The van der Waals surface area contributed by atoms with Crippen LogP contribution in [0.5, 0.6) is 0 Å². The standard InChI is InChI=1S/C13H18Cl2N2O2/c1-16-13(19)9-17(5-2-6-18)8-10-3-4-11(14)12(15)7-10/h3-4,7,18H,2,5-6,8-9H2,1H3,(H,16,19). The van der Waals surface area contributed by atoms with Gasteiger partial charge in [0.25, 0.3) is 0 Å². The lowest BCUT2D eigenvalue weighted by molar-refractivity contribution is -0.121. The van der Waals surface area contributed by atoms with Crippen LogP contribution < -0.4 is 5.32 Å². The monoisotopic (exact) mass is 304 g/mol. The Morgan fingerprint density at radius 2 is 2.11 bits per heavy atom. The Morgan fingerprint density at radius 3 is 2.68 bits per heavy atom. The van der Waals surface area contributed by atoms with Crippen molar-refractivity contribution in [1.29, 1.82) is 0 Å². The number of aliphatic hydroxyl groups is 1. The fourth-order valence-corrected chi connectivity index (χ4v) is 2.01. The smallest absolute Gasteiger partial charge is 0.233 e. The van der Waals surface area contributed by atoms with Crippen LogP contribution in [0, 0.1) is 0 Å². The van der Waals surface area contributed by atoms with Gasteiger partial charge in [-0.15, -0.1) is 0 Å². The van der Waals surface area contributed by atoms with Gasteiger partial charge >= 0.3 is 0 Å². The minimum absolute atomic E-state index is 0.0574. The number of nitrogens with zero attached hydrogens (tertiary/aromatic N) is 1. The summed E-state index contributed by atoms with van der Waals surface area (Å²) in [5, 5.41) is 12.5. The van der Waals surface area contributed by atoms with Crippen molar-refractivity contribution in [3.8, 4) is 0 Å². The molecular formula is C13H18Cl2N2O2. The average Bonchev–Trinajstić information content (AvgIpc) is 2.40. The number of halogens is 2. The van der Waals surface area contributed by atoms with Crippen LogP contribution in [0.1, 0.15) is 12.0 Å². The highest BCUT2D eigenvalue weighted by Crippen LogP contribution is 2.23. The lowest BCUT2D eigenvalue weighted by atomic mass is 10.2. The van der Waals surface area contributed by atoms with Crippen molar-refractivity contribution in [2.75, 3.05) is 26.7 Å². The number of carbonyl (C=O) groups excluding carboxylic acids is 1. The minimum Gasteiger partial charge on any atom is -0.396 e. The molecule has 1 aromatic carbocycles. The van der Waals surface area contributed by atoms with Crippen molar-refractivity contribution in [2.24, 2.45) is 0 Å². The number of hydrogen-bond donors (Lipinski definition) is 2. The molecule has 0 fully saturated rings. The second kappa shape index (κ2) is 8.38. The molecule has 1 aromatic rings. The summed E-state index contributed by atoms with van der Waals surface area (Å²) in [5.41, 5.74) is 0.983. The van der Waals surface area contributed by atoms with Crippen molar-refractivity contribution >= 4 is 29.1 Å². The summed E-state index contributed by atoms with van der Waals surface area (Å²) in [6, 6.07) is 5.41. The number of rotatable bonds is 7. The molecule has 0 saturated carbocycles. The van der Waals surface area contributed by atoms with E-state index in [0.29, 0.717) is 29.6 Å². The van der Waals surface area contributed by atoms with Gasteiger partial charge in [-0.2, -0.15) is 0 Å². The molecule has 2 N–H and O–H groups in total. The largest absolute Gasteiger partial charge is 0.396 e. The first kappa shape index (κ1) is 16.2. The first-order valence-corrected chi connectivity index (χ1v) is 6.80. The molecule has 0 radical (unpaired) electrons. The van der Waals surface area contributed by atoms with Crippen LogP contribution in [0.4, 0.5) is 0 Å². The van der Waals surface area contributed by atoms with Gasteiger partial charge in [-0.25, -0.2) is 0 Å². The summed E-state index contributed by atoms with van der Waals surface area (Å²) in [7, 11) is 1.60. The summed E-state index contributed by atoms with van der Waals surface area (Å²) in [6.07, 6.45) is 0.623. The maximum absolute atomic E-state index is 11.4. The number of hydrogen-bond acceptors (Lipinski definition) is 3.